The van der Waals surface area contributed by atoms with E-state index < -0.39 is 61.8 Å². The summed E-state index contributed by atoms with van der Waals surface area (Å²) >= 11 is 0. The molecule has 1 aromatic heterocycles. The third-order valence-electron chi connectivity index (χ3n) is 3.77. The number of rotatable bonds is 7. The van der Waals surface area contributed by atoms with Crippen molar-refractivity contribution in [3.8, 4) is 0 Å². The Morgan fingerprint density at radius 3 is 2.74 bits per heavy atom. The molecule has 0 spiro atoms. The van der Waals surface area contributed by atoms with E-state index in [1.54, 1.807) is 0 Å². The van der Waals surface area contributed by atoms with Crippen molar-refractivity contribution in [2.24, 2.45) is 5.73 Å². The number of nitrogens with zero attached hydrogens (tertiary/aromatic N) is 1. The second-order valence-electron chi connectivity index (χ2n) is 5.90. The van der Waals surface area contributed by atoms with Gasteiger partial charge in [-0.3, -0.25) is 29.4 Å². The number of H-pyrrole nitrogens is 1. The Hall–Kier alpha value is -1.90. The zero-order valence-electron chi connectivity index (χ0n) is 13.9. The lowest BCUT2D eigenvalue weighted by Gasteiger charge is -2.28. The summed E-state index contributed by atoms with van der Waals surface area (Å²) in [6, 6.07) is -0.460. The zero-order valence-corrected chi connectivity index (χ0v) is 14.8. The van der Waals surface area contributed by atoms with E-state index in [1.165, 1.54) is 0 Å². The zero-order chi connectivity index (χ0) is 20.6. The number of aromatic nitrogens is 2. The van der Waals surface area contributed by atoms with Crippen molar-refractivity contribution < 1.29 is 38.8 Å². The molecule has 0 aliphatic carbocycles. The Kier molecular flexibility index (Phi) is 6.03. The first kappa shape index (κ1) is 21.4. The highest BCUT2D eigenvalue weighted by Crippen LogP contribution is 2.41. The Morgan fingerprint density at radius 1 is 1.56 bits per heavy atom. The number of aliphatic hydroxyl groups excluding tert-OH is 2. The summed E-state index contributed by atoms with van der Waals surface area (Å²) in [5.74, 6) is -1.42. The average Bonchev–Trinajstić information content (AvgIpc) is 2.78. The van der Waals surface area contributed by atoms with Crippen molar-refractivity contribution in [1.29, 1.82) is 0 Å². The van der Waals surface area contributed by atoms with Crippen LogP contribution in [0.4, 0.5) is 0 Å². The normalized spacial score (nSPS) is 31.4. The van der Waals surface area contributed by atoms with Gasteiger partial charge in [-0.15, -0.1) is 0 Å². The molecule has 0 aromatic carbocycles. The van der Waals surface area contributed by atoms with Crippen LogP contribution in [0.15, 0.2) is 21.9 Å². The van der Waals surface area contributed by atoms with Gasteiger partial charge in [0.15, 0.2) is 12.0 Å². The van der Waals surface area contributed by atoms with Gasteiger partial charge in [0.2, 0.25) is 0 Å². The number of carbonyl (C=O) groups is 1. The highest BCUT2D eigenvalue weighted by atomic mass is 31.2. The van der Waals surface area contributed by atoms with Gasteiger partial charge in [-0.1, -0.05) is 0 Å². The molecule has 15 heteroatoms. The molecule has 0 amide bonds. The lowest BCUT2D eigenvalue weighted by Crippen LogP contribution is -2.54. The van der Waals surface area contributed by atoms with Crippen LogP contribution in [-0.2, 0) is 18.6 Å². The van der Waals surface area contributed by atoms with Crippen LogP contribution in [0.1, 0.15) is 13.2 Å². The van der Waals surface area contributed by atoms with Gasteiger partial charge in [0.1, 0.15) is 24.9 Å². The van der Waals surface area contributed by atoms with Gasteiger partial charge in [0.05, 0.1) is 0 Å². The summed E-state index contributed by atoms with van der Waals surface area (Å²) < 4.78 is 22.5. The smallest absolute Gasteiger partial charge is 0.403 e. The lowest BCUT2D eigenvalue weighted by molar-refractivity contribution is -0.138. The fourth-order valence-electron chi connectivity index (χ4n) is 2.30. The van der Waals surface area contributed by atoms with Crippen molar-refractivity contribution in [2.45, 2.75) is 37.1 Å². The van der Waals surface area contributed by atoms with Gasteiger partial charge in [-0.2, -0.15) is 0 Å². The predicted octanol–water partition coefficient (Wildman–Crippen LogP) is -3.38. The molecule has 1 fully saturated rings. The molecule has 2 rings (SSSR count). The summed E-state index contributed by atoms with van der Waals surface area (Å²) in [7, 11) is -4.65. The highest BCUT2D eigenvalue weighted by Gasteiger charge is 2.54. The van der Waals surface area contributed by atoms with Gasteiger partial charge in [0, 0.05) is 12.3 Å². The van der Waals surface area contributed by atoms with Crippen molar-refractivity contribution >= 4 is 13.7 Å². The molecule has 27 heavy (non-hydrogen) atoms. The third-order valence-corrected chi connectivity index (χ3v) is 4.97. The van der Waals surface area contributed by atoms with Crippen LogP contribution in [0.2, 0.25) is 0 Å². The summed E-state index contributed by atoms with van der Waals surface area (Å²) in [5, 5.41) is 30.8. The van der Waals surface area contributed by atoms with Crippen LogP contribution in [0.5, 0.6) is 0 Å². The molecule has 1 aromatic rings. The SMILES string of the molecule is C[C@H](NP(=O)(O)OC[C@@]1(N)O[C@@H](n2ccc(=O)[nH]c2=O)[C@H](O)[C@@H]1O)C(=O)O. The minimum atomic E-state index is -4.65. The lowest BCUT2D eigenvalue weighted by atomic mass is 10.1. The second-order valence-corrected chi connectivity index (χ2v) is 7.46. The molecule has 1 saturated heterocycles. The first-order valence-corrected chi connectivity index (χ1v) is 9.06. The number of ether oxygens (including phenoxy) is 1. The molecule has 152 valence electrons. The van der Waals surface area contributed by atoms with E-state index >= 15 is 0 Å². The van der Waals surface area contributed by atoms with Crippen LogP contribution in [0.3, 0.4) is 0 Å². The van der Waals surface area contributed by atoms with E-state index in [2.05, 4.69) is 4.52 Å². The number of carboxylic acid groups (broad SMARTS) is 1. The first-order chi connectivity index (χ1) is 12.4. The third kappa shape index (κ3) is 4.69. The molecular formula is C12H19N4O10P. The van der Waals surface area contributed by atoms with Crippen LogP contribution in [0, 0.1) is 0 Å². The summed E-state index contributed by atoms with van der Waals surface area (Å²) in [5.41, 5.74) is 1.91. The average molecular weight is 410 g/mol. The number of aromatic amines is 1. The van der Waals surface area contributed by atoms with Crippen molar-refractivity contribution in [3.05, 3.63) is 33.1 Å². The molecule has 2 heterocycles. The van der Waals surface area contributed by atoms with E-state index in [-0.39, 0.29) is 0 Å². The number of nitrogens with two attached hydrogens (primary N) is 1. The molecule has 0 saturated carbocycles. The maximum absolute atomic E-state index is 11.9. The summed E-state index contributed by atoms with van der Waals surface area (Å²) in [6.45, 7) is 0.156. The van der Waals surface area contributed by atoms with Crippen molar-refractivity contribution in [2.75, 3.05) is 6.61 Å². The van der Waals surface area contributed by atoms with Crippen LogP contribution < -0.4 is 22.1 Å². The van der Waals surface area contributed by atoms with E-state index in [9.17, 15) is 34.1 Å². The number of aliphatic carboxylic acids is 1. The van der Waals surface area contributed by atoms with Gasteiger partial charge in [-0.05, 0) is 6.92 Å². The fourth-order valence-corrected chi connectivity index (χ4v) is 3.35. The molecule has 6 atom stereocenters. The number of aliphatic hydroxyl groups is 2. The molecule has 1 aliphatic heterocycles. The van der Waals surface area contributed by atoms with Gasteiger partial charge >= 0.3 is 19.4 Å². The van der Waals surface area contributed by atoms with E-state index in [0.29, 0.717) is 0 Å². The topological polar surface area (TPSA) is 226 Å². The maximum Gasteiger partial charge on any atom is 0.403 e. The second kappa shape index (κ2) is 7.61. The van der Waals surface area contributed by atoms with Crippen LogP contribution in [0.25, 0.3) is 0 Å². The fraction of sp³-hybridized carbons (Fsp3) is 0.583. The Bertz CT molecular complexity index is 870. The molecule has 1 aliphatic rings. The number of nitrogens with one attached hydrogen (secondary N) is 2. The molecule has 8 N–H and O–H groups in total. The molecule has 1 unspecified atom stereocenters. The molecular weight excluding hydrogens is 391 g/mol. The number of hydrogen-bond acceptors (Lipinski definition) is 9. The molecule has 0 bridgehead atoms. The maximum atomic E-state index is 11.9. The number of carboxylic acids is 1. The van der Waals surface area contributed by atoms with Crippen LogP contribution >= 0.6 is 7.75 Å². The largest absolute Gasteiger partial charge is 0.480 e. The van der Waals surface area contributed by atoms with E-state index in [4.69, 9.17) is 15.6 Å². The van der Waals surface area contributed by atoms with Gasteiger partial charge in [0.25, 0.3) is 5.56 Å². The van der Waals surface area contributed by atoms with Crippen molar-refractivity contribution in [1.82, 2.24) is 14.6 Å². The summed E-state index contributed by atoms with van der Waals surface area (Å²) in [4.78, 5) is 45.2. The van der Waals surface area contributed by atoms with Crippen molar-refractivity contribution in [3.63, 3.8) is 0 Å². The molecule has 14 nitrogen and oxygen atoms in total. The number of hydrogen-bond donors (Lipinski definition) is 7. The van der Waals surface area contributed by atoms with E-state index in [1.807, 2.05) is 10.1 Å². The highest BCUT2D eigenvalue weighted by molar-refractivity contribution is 7.50. The molecule has 0 radical (unpaired) electrons. The van der Waals surface area contributed by atoms with Gasteiger partial charge in [-0.25, -0.2) is 14.4 Å². The van der Waals surface area contributed by atoms with Gasteiger partial charge < -0.3 is 24.9 Å². The quantitative estimate of drug-likeness (QED) is 0.219. The monoisotopic (exact) mass is 410 g/mol. The minimum absolute atomic E-state index is 0.702. The summed E-state index contributed by atoms with van der Waals surface area (Å²) in [6.07, 6.45) is -4.12. The Labute approximate surface area is 150 Å². The standard InChI is InChI=1S/C12H19N4O10P/c1-5(10(20)21)15-27(23,24)25-4-12(13)8(19)7(18)9(26-12)16-3-2-6(17)14-11(16)22/h2-3,5,7-9,18-19H,4,13H2,1H3,(H,20,21)(H,14,17,22)(H2,15,23,24)/t5-,7+,8-,9+,12+/m0/s1. The Balaban J connectivity index is 2.15. The Morgan fingerprint density at radius 2 is 2.19 bits per heavy atom. The minimum Gasteiger partial charge on any atom is -0.480 e. The first-order valence-electron chi connectivity index (χ1n) is 7.48. The van der Waals surface area contributed by atoms with Crippen LogP contribution in [-0.4, -0.2) is 66.3 Å². The predicted molar refractivity (Wildman–Crippen MR) is 86.4 cm³/mol. The van der Waals surface area contributed by atoms with E-state index in [0.717, 1.165) is 23.8 Å².